The van der Waals surface area contributed by atoms with Gasteiger partial charge in [0.25, 0.3) is 0 Å². The highest BCUT2D eigenvalue weighted by atomic mass is 35.5. The lowest BCUT2D eigenvalue weighted by molar-refractivity contribution is 0.220. The maximum Gasteiger partial charge on any atom is 0.159 e. The minimum Gasteiger partial charge on any atom is -0.396 e. The number of thioether (sulfide) groups is 1. The van der Waals surface area contributed by atoms with Gasteiger partial charge in [0.05, 0.1) is 13.3 Å². The zero-order valence-electron chi connectivity index (χ0n) is 10.7. The second-order valence-electron chi connectivity index (χ2n) is 4.33. The van der Waals surface area contributed by atoms with Gasteiger partial charge in [-0.1, -0.05) is 35.5 Å². The topological polar surface area (TPSA) is 47.9 Å². The number of nitrogens with one attached hydrogen (secondary N) is 1. The summed E-state index contributed by atoms with van der Waals surface area (Å²) in [6, 6.07) is 7.88. The first kappa shape index (κ1) is 14.7. The van der Waals surface area contributed by atoms with Crippen molar-refractivity contribution in [1.82, 2.24) is 10.2 Å². The predicted molar refractivity (Wildman–Crippen MR) is 81.5 cm³/mol. The van der Waals surface area contributed by atoms with Gasteiger partial charge in [-0.3, -0.25) is 4.90 Å². The number of aliphatic imine (C=N–C) groups is 1. The zero-order chi connectivity index (χ0) is 13.5. The van der Waals surface area contributed by atoms with Crippen molar-refractivity contribution in [2.24, 2.45) is 4.99 Å². The molecule has 19 heavy (non-hydrogen) atoms. The van der Waals surface area contributed by atoms with Gasteiger partial charge in [-0.2, -0.15) is 0 Å². The third-order valence-electron chi connectivity index (χ3n) is 2.79. The first-order valence-electron chi connectivity index (χ1n) is 6.27. The Morgan fingerprint density at radius 1 is 1.37 bits per heavy atom. The van der Waals surface area contributed by atoms with Crippen molar-refractivity contribution < 1.29 is 5.11 Å². The molecule has 0 aromatic heterocycles. The van der Waals surface area contributed by atoms with E-state index in [9.17, 15) is 0 Å². The lowest BCUT2D eigenvalue weighted by Crippen LogP contribution is -2.42. The van der Waals surface area contributed by atoms with E-state index < -0.39 is 0 Å². The smallest absolute Gasteiger partial charge is 0.159 e. The average molecular weight is 300 g/mol. The molecule has 0 aliphatic carbocycles. The highest BCUT2D eigenvalue weighted by Gasteiger charge is 2.11. The number of amidine groups is 1. The standard InChI is InChI=1S/C13H18ClN3OS/c14-12-4-2-11(3-5-12)8-19-13-15-9-17(10-16-13)6-1-7-18/h2-5,18H,1,6-10H2,(H,15,16). The summed E-state index contributed by atoms with van der Waals surface area (Å²) in [4.78, 5) is 6.65. The van der Waals surface area contributed by atoms with Crippen LogP contribution in [-0.4, -0.2) is 41.7 Å². The van der Waals surface area contributed by atoms with Gasteiger partial charge in [-0.05, 0) is 24.1 Å². The molecule has 2 rings (SSSR count). The Labute approximate surface area is 122 Å². The molecule has 1 aliphatic rings. The molecular weight excluding hydrogens is 282 g/mol. The van der Waals surface area contributed by atoms with E-state index in [0.29, 0.717) is 6.67 Å². The molecule has 6 heteroatoms. The van der Waals surface area contributed by atoms with Gasteiger partial charge < -0.3 is 10.4 Å². The molecule has 1 aromatic carbocycles. The average Bonchev–Trinajstić information content (AvgIpc) is 2.46. The molecule has 0 bridgehead atoms. The van der Waals surface area contributed by atoms with Gasteiger partial charge in [-0.15, -0.1) is 0 Å². The highest BCUT2D eigenvalue weighted by molar-refractivity contribution is 8.13. The van der Waals surface area contributed by atoms with Crippen LogP contribution in [0.5, 0.6) is 0 Å². The molecule has 0 atom stereocenters. The van der Waals surface area contributed by atoms with E-state index in [1.165, 1.54) is 5.56 Å². The fourth-order valence-corrected chi connectivity index (χ4v) is 2.66. The van der Waals surface area contributed by atoms with E-state index in [4.69, 9.17) is 16.7 Å². The Balaban J connectivity index is 1.75. The number of aliphatic hydroxyl groups is 1. The van der Waals surface area contributed by atoms with Gasteiger partial charge >= 0.3 is 0 Å². The van der Waals surface area contributed by atoms with Crippen LogP contribution in [0.3, 0.4) is 0 Å². The van der Waals surface area contributed by atoms with E-state index in [1.54, 1.807) is 11.8 Å². The van der Waals surface area contributed by atoms with Crippen molar-refractivity contribution in [1.29, 1.82) is 0 Å². The van der Waals surface area contributed by atoms with Crippen LogP contribution in [0.15, 0.2) is 29.3 Å². The Hall–Kier alpha value is -0.750. The number of aliphatic hydroxyl groups excluding tert-OH is 1. The molecule has 1 heterocycles. The summed E-state index contributed by atoms with van der Waals surface area (Å²) < 4.78 is 0. The highest BCUT2D eigenvalue weighted by Crippen LogP contribution is 2.17. The van der Waals surface area contributed by atoms with Crippen LogP contribution >= 0.6 is 23.4 Å². The summed E-state index contributed by atoms with van der Waals surface area (Å²) in [6.07, 6.45) is 0.796. The van der Waals surface area contributed by atoms with E-state index in [1.807, 2.05) is 24.3 Å². The van der Waals surface area contributed by atoms with Crippen LogP contribution < -0.4 is 5.32 Å². The van der Waals surface area contributed by atoms with Crippen LogP contribution in [-0.2, 0) is 5.75 Å². The Morgan fingerprint density at radius 3 is 2.79 bits per heavy atom. The van der Waals surface area contributed by atoms with Gasteiger partial charge in [0, 0.05) is 23.9 Å². The van der Waals surface area contributed by atoms with Crippen LogP contribution in [0, 0.1) is 0 Å². The quantitative estimate of drug-likeness (QED) is 0.874. The van der Waals surface area contributed by atoms with Crippen LogP contribution in [0.4, 0.5) is 0 Å². The SMILES string of the molecule is OCCCN1CN=C(SCc2ccc(Cl)cc2)NC1. The minimum absolute atomic E-state index is 0.235. The lowest BCUT2D eigenvalue weighted by atomic mass is 10.2. The molecule has 0 fully saturated rings. The molecule has 0 saturated carbocycles. The fraction of sp³-hybridized carbons (Fsp3) is 0.462. The summed E-state index contributed by atoms with van der Waals surface area (Å²) >= 11 is 7.55. The molecular formula is C13H18ClN3OS. The van der Waals surface area contributed by atoms with Gasteiger partial charge in [0.1, 0.15) is 0 Å². The maximum atomic E-state index is 8.78. The summed E-state index contributed by atoms with van der Waals surface area (Å²) in [5.41, 5.74) is 1.24. The van der Waals surface area contributed by atoms with Crippen LogP contribution in [0.1, 0.15) is 12.0 Å². The summed E-state index contributed by atoms with van der Waals surface area (Å²) in [5, 5.41) is 13.8. The minimum atomic E-state index is 0.235. The van der Waals surface area contributed by atoms with Crippen molar-refractivity contribution in [3.05, 3.63) is 34.9 Å². The second kappa shape index (κ2) is 7.75. The van der Waals surface area contributed by atoms with Crippen molar-refractivity contribution >= 4 is 28.5 Å². The molecule has 0 saturated heterocycles. The number of hydrogen-bond acceptors (Lipinski definition) is 5. The van der Waals surface area contributed by atoms with Crippen molar-refractivity contribution in [3.63, 3.8) is 0 Å². The Kier molecular flexibility index (Phi) is 5.97. The number of hydrogen-bond donors (Lipinski definition) is 2. The van der Waals surface area contributed by atoms with E-state index in [-0.39, 0.29) is 6.61 Å². The van der Waals surface area contributed by atoms with Crippen LogP contribution in [0.25, 0.3) is 0 Å². The van der Waals surface area contributed by atoms with E-state index in [0.717, 1.165) is 35.6 Å². The van der Waals surface area contributed by atoms with Crippen molar-refractivity contribution in [3.8, 4) is 0 Å². The predicted octanol–water partition coefficient (Wildman–Crippen LogP) is 2.13. The number of halogens is 1. The number of rotatable bonds is 5. The van der Waals surface area contributed by atoms with E-state index in [2.05, 4.69) is 15.2 Å². The van der Waals surface area contributed by atoms with Crippen molar-refractivity contribution in [2.45, 2.75) is 12.2 Å². The second-order valence-corrected chi connectivity index (χ2v) is 5.73. The maximum absolute atomic E-state index is 8.78. The normalized spacial score (nSPS) is 16.0. The largest absolute Gasteiger partial charge is 0.396 e. The fourth-order valence-electron chi connectivity index (χ4n) is 1.72. The molecule has 2 N–H and O–H groups in total. The molecule has 0 spiro atoms. The van der Waals surface area contributed by atoms with Crippen molar-refractivity contribution in [2.75, 3.05) is 26.5 Å². The monoisotopic (exact) mass is 299 g/mol. The first-order valence-corrected chi connectivity index (χ1v) is 7.63. The summed E-state index contributed by atoms with van der Waals surface area (Å²) in [5.74, 6) is 0.889. The van der Waals surface area contributed by atoms with Gasteiger partial charge in [0.2, 0.25) is 0 Å². The summed E-state index contributed by atoms with van der Waals surface area (Å²) in [7, 11) is 0. The first-order chi connectivity index (χ1) is 9.28. The lowest BCUT2D eigenvalue weighted by Gasteiger charge is -2.26. The number of benzene rings is 1. The molecule has 104 valence electrons. The number of nitrogens with zero attached hydrogens (tertiary/aromatic N) is 2. The Morgan fingerprint density at radius 2 is 2.16 bits per heavy atom. The molecule has 1 aromatic rings. The zero-order valence-corrected chi connectivity index (χ0v) is 12.3. The summed E-state index contributed by atoms with van der Waals surface area (Å²) in [6.45, 7) is 2.61. The molecule has 0 amide bonds. The van der Waals surface area contributed by atoms with Gasteiger partial charge in [-0.25, -0.2) is 4.99 Å². The Bertz CT molecular complexity index is 424. The third-order valence-corrected chi connectivity index (χ3v) is 4.07. The molecule has 0 unspecified atom stereocenters. The van der Waals surface area contributed by atoms with E-state index >= 15 is 0 Å². The van der Waals surface area contributed by atoms with Crippen LogP contribution in [0.2, 0.25) is 5.02 Å². The molecule has 4 nitrogen and oxygen atoms in total. The molecule has 0 radical (unpaired) electrons. The van der Waals surface area contributed by atoms with Gasteiger partial charge in [0.15, 0.2) is 5.17 Å². The molecule has 1 aliphatic heterocycles. The third kappa shape index (κ3) is 5.03.